The van der Waals surface area contributed by atoms with Crippen molar-refractivity contribution in [3.05, 3.63) is 21.9 Å². The highest BCUT2D eigenvalue weighted by atomic mass is 35.5. The maximum atomic E-state index is 12.9. The molecule has 1 aromatic rings. The predicted octanol–water partition coefficient (Wildman–Crippen LogP) is 1.72. The third kappa shape index (κ3) is 7.49. The Balaban J connectivity index is 0.00000385. The fourth-order valence-corrected chi connectivity index (χ4v) is 5.64. The number of amides is 2. The van der Waals surface area contributed by atoms with Crippen LogP contribution in [0.5, 0.6) is 0 Å². The van der Waals surface area contributed by atoms with Crippen molar-refractivity contribution >= 4 is 47.4 Å². The van der Waals surface area contributed by atoms with Crippen LogP contribution in [-0.2, 0) is 20.9 Å². The number of thiophene rings is 1. The Hall–Kier alpha value is -2.01. The smallest absolute Gasteiger partial charge is 0.325 e. The van der Waals surface area contributed by atoms with E-state index in [-0.39, 0.29) is 36.7 Å². The van der Waals surface area contributed by atoms with Gasteiger partial charge in [-0.2, -0.15) is 0 Å². The van der Waals surface area contributed by atoms with Gasteiger partial charge in [0.05, 0.1) is 17.0 Å². The van der Waals surface area contributed by atoms with Gasteiger partial charge in [-0.1, -0.05) is 32.1 Å². The third-order valence-corrected chi connectivity index (χ3v) is 7.47. The zero-order chi connectivity index (χ0) is 23.3. The zero-order valence-corrected chi connectivity index (χ0v) is 20.5. The second-order valence-corrected chi connectivity index (χ2v) is 10.0. The minimum Gasteiger partial charge on any atom is -0.480 e. The van der Waals surface area contributed by atoms with Crippen LogP contribution in [0.25, 0.3) is 0 Å². The normalized spacial score (nSPS) is 23.0. The minimum absolute atomic E-state index is 0. The highest BCUT2D eigenvalue weighted by Crippen LogP contribution is 2.38. The van der Waals surface area contributed by atoms with Crippen LogP contribution in [0, 0.1) is 11.8 Å². The van der Waals surface area contributed by atoms with Crippen molar-refractivity contribution in [3.63, 3.8) is 0 Å². The van der Waals surface area contributed by atoms with Crippen LogP contribution in [0.1, 0.15) is 55.2 Å². The van der Waals surface area contributed by atoms with Crippen molar-refractivity contribution in [1.29, 1.82) is 0 Å². The number of carboxylic acid groups (broad SMARTS) is 1. The molecule has 0 bridgehead atoms. The maximum absolute atomic E-state index is 12.9. The number of nitrogens with zero attached hydrogens (tertiary/aromatic N) is 2. The SMILES string of the molecule is C[C@H](N)C(=O)NC(=O)[C@@H]1CC(C2CCCCC2)CN1Cc1ccc(C(N)=NCC(=O)O)s1.Cl. The fraction of sp³-hybridized carbons (Fsp3) is 0.636. The molecule has 9 nitrogen and oxygen atoms in total. The van der Waals surface area contributed by atoms with Crippen LogP contribution in [0.15, 0.2) is 17.1 Å². The first-order chi connectivity index (χ1) is 15.2. The molecular formula is C22H34ClN5O4S. The lowest BCUT2D eigenvalue weighted by atomic mass is 9.79. The molecule has 184 valence electrons. The summed E-state index contributed by atoms with van der Waals surface area (Å²) in [4.78, 5) is 43.4. The molecule has 33 heavy (non-hydrogen) atoms. The van der Waals surface area contributed by atoms with Crippen molar-refractivity contribution < 1.29 is 19.5 Å². The van der Waals surface area contributed by atoms with Crippen molar-refractivity contribution in [2.24, 2.45) is 28.3 Å². The lowest BCUT2D eigenvalue weighted by molar-refractivity contribution is -0.135. The summed E-state index contributed by atoms with van der Waals surface area (Å²) in [5.74, 6) is -0.543. The topological polar surface area (TPSA) is 151 Å². The van der Waals surface area contributed by atoms with Crippen LogP contribution in [-0.4, -0.2) is 58.8 Å². The average Bonchev–Trinajstić information content (AvgIpc) is 3.40. The van der Waals surface area contributed by atoms with E-state index < -0.39 is 17.9 Å². The molecular weight excluding hydrogens is 466 g/mol. The van der Waals surface area contributed by atoms with E-state index in [2.05, 4.69) is 15.2 Å². The van der Waals surface area contributed by atoms with E-state index in [0.29, 0.717) is 23.3 Å². The molecule has 1 unspecified atom stereocenters. The van der Waals surface area contributed by atoms with Crippen LogP contribution < -0.4 is 16.8 Å². The second kappa shape index (κ2) is 12.5. The number of likely N-dealkylation sites (tertiary alicyclic amines) is 1. The number of aliphatic imine (C=N–C) groups is 1. The number of aliphatic carboxylic acids is 1. The summed E-state index contributed by atoms with van der Waals surface area (Å²) in [6.07, 6.45) is 6.90. The highest BCUT2D eigenvalue weighted by Gasteiger charge is 2.40. The maximum Gasteiger partial charge on any atom is 0.325 e. The number of nitrogens with two attached hydrogens (primary N) is 2. The van der Waals surface area contributed by atoms with E-state index in [9.17, 15) is 14.4 Å². The number of halogens is 1. The molecule has 1 aliphatic carbocycles. The van der Waals surface area contributed by atoms with Gasteiger partial charge in [-0.25, -0.2) is 0 Å². The van der Waals surface area contributed by atoms with Gasteiger partial charge in [0.25, 0.3) is 0 Å². The number of rotatable bonds is 8. The molecule has 1 saturated heterocycles. The van der Waals surface area contributed by atoms with Crippen LogP contribution >= 0.6 is 23.7 Å². The molecule has 2 heterocycles. The van der Waals surface area contributed by atoms with Gasteiger partial charge >= 0.3 is 5.97 Å². The zero-order valence-electron chi connectivity index (χ0n) is 18.9. The van der Waals surface area contributed by atoms with Crippen molar-refractivity contribution in [2.75, 3.05) is 13.1 Å². The van der Waals surface area contributed by atoms with E-state index >= 15 is 0 Å². The Morgan fingerprint density at radius 2 is 1.94 bits per heavy atom. The van der Waals surface area contributed by atoms with Crippen molar-refractivity contribution in [1.82, 2.24) is 10.2 Å². The summed E-state index contributed by atoms with van der Waals surface area (Å²) in [5.41, 5.74) is 11.5. The third-order valence-electron chi connectivity index (χ3n) is 6.37. The summed E-state index contributed by atoms with van der Waals surface area (Å²) >= 11 is 1.44. The molecule has 6 N–H and O–H groups in total. The van der Waals surface area contributed by atoms with Gasteiger partial charge in [-0.15, -0.1) is 23.7 Å². The Labute approximate surface area is 204 Å². The Morgan fingerprint density at radius 3 is 2.58 bits per heavy atom. The number of nitrogens with one attached hydrogen (secondary N) is 1. The van der Waals surface area contributed by atoms with E-state index in [1.54, 1.807) is 6.92 Å². The Kier molecular flexibility index (Phi) is 10.3. The van der Waals surface area contributed by atoms with Crippen molar-refractivity contribution in [2.45, 2.75) is 64.1 Å². The number of amidine groups is 1. The highest BCUT2D eigenvalue weighted by molar-refractivity contribution is 7.14. The number of hydrogen-bond acceptors (Lipinski definition) is 7. The van der Waals surface area contributed by atoms with Gasteiger partial charge < -0.3 is 16.6 Å². The molecule has 11 heteroatoms. The number of carbonyl (C=O) groups is 3. The Bertz CT molecular complexity index is 869. The number of carbonyl (C=O) groups excluding carboxylic acids is 2. The van der Waals surface area contributed by atoms with E-state index in [1.165, 1.54) is 43.4 Å². The van der Waals surface area contributed by atoms with Crippen molar-refractivity contribution in [3.8, 4) is 0 Å². The molecule has 1 aromatic heterocycles. The average molecular weight is 500 g/mol. The van der Waals surface area contributed by atoms with E-state index in [0.717, 1.165) is 17.8 Å². The second-order valence-electron chi connectivity index (χ2n) is 8.84. The van der Waals surface area contributed by atoms with Crippen LogP contribution in [0.2, 0.25) is 0 Å². The van der Waals surface area contributed by atoms with E-state index in [1.807, 2.05) is 12.1 Å². The van der Waals surface area contributed by atoms with E-state index in [4.69, 9.17) is 16.6 Å². The molecule has 0 spiro atoms. The summed E-state index contributed by atoms with van der Waals surface area (Å²) in [5, 5.41) is 11.3. The quantitative estimate of drug-likeness (QED) is 0.314. The molecule has 1 saturated carbocycles. The Morgan fingerprint density at radius 1 is 1.24 bits per heavy atom. The summed E-state index contributed by atoms with van der Waals surface area (Å²) in [7, 11) is 0. The first kappa shape index (κ1) is 27.2. The molecule has 2 amide bonds. The van der Waals surface area contributed by atoms with Crippen LogP contribution in [0.3, 0.4) is 0 Å². The number of hydrogen-bond donors (Lipinski definition) is 4. The largest absolute Gasteiger partial charge is 0.480 e. The molecule has 0 radical (unpaired) electrons. The molecule has 3 atom stereocenters. The first-order valence-corrected chi connectivity index (χ1v) is 12.0. The monoisotopic (exact) mass is 499 g/mol. The molecule has 1 aliphatic heterocycles. The molecule has 2 aliphatic rings. The lowest BCUT2D eigenvalue weighted by Crippen LogP contribution is -2.49. The summed E-state index contributed by atoms with van der Waals surface area (Å²) in [6.45, 7) is 2.56. The van der Waals surface area contributed by atoms with Gasteiger partial charge in [0.1, 0.15) is 12.4 Å². The number of imide groups is 1. The fourth-order valence-electron chi connectivity index (χ4n) is 4.68. The molecule has 0 aromatic carbocycles. The van der Waals surface area contributed by atoms with Gasteiger partial charge in [0.2, 0.25) is 11.8 Å². The molecule has 3 rings (SSSR count). The lowest BCUT2D eigenvalue weighted by Gasteiger charge is -2.27. The van der Waals surface area contributed by atoms with Gasteiger partial charge in [0, 0.05) is 18.0 Å². The summed E-state index contributed by atoms with van der Waals surface area (Å²) in [6, 6.07) is 2.63. The molecule has 2 fully saturated rings. The standard InChI is InChI=1S/C22H33N5O4S.ClH/c1-13(23)21(30)26-22(31)17-9-15(14-5-3-2-4-6-14)11-27(17)12-16-7-8-18(32-16)20(24)25-10-19(28)29;/h7-8,13-15,17H,2-6,9-12,23H2,1H3,(H2,24,25)(H,28,29)(H,26,30,31);1H/t13-,15?,17-;/m0./s1. The van der Waals surface area contributed by atoms with Crippen LogP contribution in [0.4, 0.5) is 0 Å². The predicted molar refractivity (Wildman–Crippen MR) is 130 cm³/mol. The minimum atomic E-state index is -1.04. The summed E-state index contributed by atoms with van der Waals surface area (Å²) < 4.78 is 0. The van der Waals surface area contributed by atoms with Gasteiger partial charge in [-0.05, 0) is 37.3 Å². The van der Waals surface area contributed by atoms with Gasteiger partial charge in [0.15, 0.2) is 0 Å². The first-order valence-electron chi connectivity index (χ1n) is 11.2. The van der Waals surface area contributed by atoms with Gasteiger partial charge in [-0.3, -0.25) is 29.6 Å². The number of carboxylic acids is 1.